The number of carbonyl (C=O) groups excluding carboxylic acids is 1. The first-order valence-corrected chi connectivity index (χ1v) is 7.43. The van der Waals surface area contributed by atoms with E-state index in [0.29, 0.717) is 27.1 Å². The van der Waals surface area contributed by atoms with E-state index in [9.17, 15) is 9.18 Å². The maximum Gasteiger partial charge on any atom is 0.257 e. The number of amides is 1. The monoisotopic (exact) mass is 333 g/mol. The molecule has 0 radical (unpaired) electrons. The molecule has 22 heavy (non-hydrogen) atoms. The first-order valence-electron chi connectivity index (χ1n) is 6.28. The van der Waals surface area contributed by atoms with Crippen LogP contribution in [0.5, 0.6) is 0 Å². The van der Waals surface area contributed by atoms with E-state index in [1.54, 1.807) is 36.4 Å². The molecule has 4 nitrogen and oxygen atoms in total. The molecule has 0 aliphatic carbocycles. The van der Waals surface area contributed by atoms with Crippen molar-refractivity contribution in [2.45, 2.75) is 0 Å². The molecule has 2 aromatic carbocycles. The molecule has 0 saturated carbocycles. The van der Waals surface area contributed by atoms with Gasteiger partial charge in [0.05, 0.1) is 0 Å². The minimum atomic E-state index is -0.325. The van der Waals surface area contributed by atoms with E-state index in [2.05, 4.69) is 14.7 Å². The van der Waals surface area contributed by atoms with Gasteiger partial charge in [-0.25, -0.2) is 4.39 Å². The van der Waals surface area contributed by atoms with Gasteiger partial charge in [0.15, 0.2) is 5.82 Å². The van der Waals surface area contributed by atoms with E-state index in [-0.39, 0.29) is 11.7 Å². The molecular formula is C15H9ClFN3OS. The summed E-state index contributed by atoms with van der Waals surface area (Å²) in [5.74, 6) is -0.204. The fourth-order valence-electron chi connectivity index (χ4n) is 1.79. The second-order valence-electron chi connectivity index (χ2n) is 4.39. The summed E-state index contributed by atoms with van der Waals surface area (Å²) < 4.78 is 17.0. The van der Waals surface area contributed by atoms with Crippen LogP contribution in [-0.4, -0.2) is 15.3 Å². The molecule has 3 aromatic rings. The molecule has 110 valence electrons. The predicted octanol–water partition coefficient (Wildman–Crippen LogP) is 4.25. The average molecular weight is 334 g/mol. The number of benzene rings is 2. The van der Waals surface area contributed by atoms with Gasteiger partial charge in [-0.3, -0.25) is 10.1 Å². The van der Waals surface area contributed by atoms with E-state index in [4.69, 9.17) is 11.6 Å². The first-order chi connectivity index (χ1) is 10.6. The fourth-order valence-corrected chi connectivity index (χ4v) is 2.56. The Labute approximate surface area is 134 Å². The van der Waals surface area contributed by atoms with Crippen LogP contribution >= 0.6 is 23.1 Å². The third kappa shape index (κ3) is 3.29. The van der Waals surface area contributed by atoms with Crippen molar-refractivity contribution in [3.05, 3.63) is 64.9 Å². The van der Waals surface area contributed by atoms with Crippen molar-refractivity contribution in [3.63, 3.8) is 0 Å². The van der Waals surface area contributed by atoms with Crippen molar-refractivity contribution in [1.29, 1.82) is 0 Å². The number of carbonyl (C=O) groups is 1. The van der Waals surface area contributed by atoms with Gasteiger partial charge in [-0.05, 0) is 42.5 Å². The standard InChI is InChI=1S/C15H9ClFN3OS/c16-11-3-1-2-10(8-11)14(21)19-15-18-13(20-22-15)9-4-6-12(17)7-5-9/h1-8H,(H,18,19,20,21). The van der Waals surface area contributed by atoms with Crippen LogP contribution in [0, 0.1) is 5.82 Å². The van der Waals surface area contributed by atoms with Gasteiger partial charge < -0.3 is 0 Å². The molecule has 7 heteroatoms. The summed E-state index contributed by atoms with van der Waals surface area (Å²) >= 11 is 6.91. The first kappa shape index (κ1) is 14.6. The van der Waals surface area contributed by atoms with Gasteiger partial charge in [0, 0.05) is 27.7 Å². The van der Waals surface area contributed by atoms with Crippen molar-refractivity contribution in [3.8, 4) is 11.4 Å². The highest BCUT2D eigenvalue weighted by molar-refractivity contribution is 7.10. The topological polar surface area (TPSA) is 54.9 Å². The minimum Gasteiger partial charge on any atom is -0.297 e. The third-order valence-electron chi connectivity index (χ3n) is 2.84. The summed E-state index contributed by atoms with van der Waals surface area (Å²) in [6, 6.07) is 12.4. The summed E-state index contributed by atoms with van der Waals surface area (Å²) in [5.41, 5.74) is 1.12. The van der Waals surface area contributed by atoms with Crippen LogP contribution in [0.2, 0.25) is 5.02 Å². The largest absolute Gasteiger partial charge is 0.297 e. The van der Waals surface area contributed by atoms with Gasteiger partial charge in [-0.1, -0.05) is 17.7 Å². The number of hydrogen-bond acceptors (Lipinski definition) is 4. The quantitative estimate of drug-likeness (QED) is 0.779. The van der Waals surface area contributed by atoms with Crippen LogP contribution in [0.4, 0.5) is 9.52 Å². The second-order valence-corrected chi connectivity index (χ2v) is 5.58. The zero-order chi connectivity index (χ0) is 15.5. The van der Waals surface area contributed by atoms with Gasteiger partial charge in [0.25, 0.3) is 5.91 Å². The smallest absolute Gasteiger partial charge is 0.257 e. The molecule has 0 spiro atoms. The number of anilines is 1. The Bertz CT molecular complexity index is 820. The van der Waals surface area contributed by atoms with Crippen LogP contribution in [0.15, 0.2) is 48.5 Å². The van der Waals surface area contributed by atoms with Crippen molar-refractivity contribution >= 4 is 34.2 Å². The molecule has 1 aromatic heterocycles. The number of rotatable bonds is 3. The number of halogens is 2. The maximum atomic E-state index is 12.9. The molecule has 0 atom stereocenters. The highest BCUT2D eigenvalue weighted by Gasteiger charge is 2.11. The average Bonchev–Trinajstić information content (AvgIpc) is 2.96. The molecular weight excluding hydrogens is 325 g/mol. The molecule has 0 fully saturated rings. The van der Waals surface area contributed by atoms with Crippen molar-refractivity contribution < 1.29 is 9.18 Å². The van der Waals surface area contributed by atoms with Gasteiger partial charge in [-0.15, -0.1) is 0 Å². The van der Waals surface area contributed by atoms with E-state index in [1.807, 2.05) is 0 Å². The Morgan fingerprint density at radius 1 is 1.18 bits per heavy atom. The highest BCUT2D eigenvalue weighted by atomic mass is 35.5. The predicted molar refractivity (Wildman–Crippen MR) is 84.7 cm³/mol. The summed E-state index contributed by atoms with van der Waals surface area (Å²) in [6.45, 7) is 0. The van der Waals surface area contributed by atoms with E-state index < -0.39 is 0 Å². The Morgan fingerprint density at radius 2 is 1.95 bits per heavy atom. The lowest BCUT2D eigenvalue weighted by atomic mass is 10.2. The van der Waals surface area contributed by atoms with Crippen molar-refractivity contribution in [2.75, 3.05) is 5.32 Å². The van der Waals surface area contributed by atoms with Gasteiger partial charge >= 0.3 is 0 Å². The van der Waals surface area contributed by atoms with E-state index >= 15 is 0 Å². The fraction of sp³-hybridized carbons (Fsp3) is 0. The van der Waals surface area contributed by atoms with Crippen LogP contribution in [-0.2, 0) is 0 Å². The SMILES string of the molecule is O=C(Nc1nc(-c2ccc(F)cc2)ns1)c1cccc(Cl)c1. The lowest BCUT2D eigenvalue weighted by molar-refractivity contribution is 0.102. The molecule has 1 N–H and O–H groups in total. The summed E-state index contributed by atoms with van der Waals surface area (Å²) in [6.07, 6.45) is 0. The minimum absolute atomic E-state index is 0.315. The number of hydrogen-bond donors (Lipinski definition) is 1. The number of nitrogens with zero attached hydrogens (tertiary/aromatic N) is 2. The van der Waals surface area contributed by atoms with Crippen LogP contribution in [0.25, 0.3) is 11.4 Å². The Morgan fingerprint density at radius 3 is 2.68 bits per heavy atom. The Hall–Kier alpha value is -2.31. The van der Waals surface area contributed by atoms with Crippen molar-refractivity contribution in [2.24, 2.45) is 0 Å². The summed E-state index contributed by atoms with van der Waals surface area (Å²) in [7, 11) is 0. The zero-order valence-electron chi connectivity index (χ0n) is 11.1. The Kier molecular flexibility index (Phi) is 4.13. The van der Waals surface area contributed by atoms with Gasteiger partial charge in [-0.2, -0.15) is 9.36 Å². The van der Waals surface area contributed by atoms with Gasteiger partial charge in [0.2, 0.25) is 5.13 Å². The van der Waals surface area contributed by atoms with Gasteiger partial charge in [0.1, 0.15) is 5.82 Å². The van der Waals surface area contributed by atoms with Crippen LogP contribution < -0.4 is 5.32 Å². The highest BCUT2D eigenvalue weighted by Crippen LogP contribution is 2.22. The molecule has 3 rings (SSSR count). The molecule has 0 aliphatic heterocycles. The number of aromatic nitrogens is 2. The molecule has 0 saturated heterocycles. The summed E-state index contributed by atoms with van der Waals surface area (Å²) in [4.78, 5) is 16.3. The number of nitrogens with one attached hydrogen (secondary N) is 1. The van der Waals surface area contributed by atoms with E-state index in [1.165, 1.54) is 12.1 Å². The molecule has 0 unspecified atom stereocenters. The second kappa shape index (κ2) is 6.21. The van der Waals surface area contributed by atoms with E-state index in [0.717, 1.165) is 11.5 Å². The lowest BCUT2D eigenvalue weighted by Crippen LogP contribution is -2.11. The molecule has 0 bridgehead atoms. The summed E-state index contributed by atoms with van der Waals surface area (Å²) in [5, 5.41) is 3.51. The normalized spacial score (nSPS) is 10.5. The zero-order valence-corrected chi connectivity index (χ0v) is 12.7. The lowest BCUT2D eigenvalue weighted by Gasteiger charge is -2.01. The van der Waals surface area contributed by atoms with Crippen molar-refractivity contribution in [1.82, 2.24) is 9.36 Å². The molecule has 1 heterocycles. The van der Waals surface area contributed by atoms with Crippen LogP contribution in [0.1, 0.15) is 10.4 Å². The van der Waals surface area contributed by atoms with Crippen LogP contribution in [0.3, 0.4) is 0 Å². The Balaban J connectivity index is 1.77. The molecule has 0 aliphatic rings. The molecule has 1 amide bonds. The third-order valence-corrected chi connectivity index (χ3v) is 3.70. The maximum absolute atomic E-state index is 12.9.